The van der Waals surface area contributed by atoms with Crippen LogP contribution < -0.4 is 20.7 Å². The minimum absolute atomic E-state index is 0.0560. The molecule has 32 heavy (non-hydrogen) atoms. The lowest BCUT2D eigenvalue weighted by molar-refractivity contribution is -0.123. The van der Waals surface area contributed by atoms with Crippen LogP contribution in [0.1, 0.15) is 44.6 Å². The third-order valence-electron chi connectivity index (χ3n) is 5.90. The Morgan fingerprint density at radius 2 is 1.81 bits per heavy atom. The molecule has 0 atom stereocenters. The first-order chi connectivity index (χ1) is 15.6. The first-order valence-electron chi connectivity index (χ1n) is 11.8. The molecule has 2 fully saturated rings. The molecule has 3 rings (SSSR count). The van der Waals surface area contributed by atoms with E-state index in [1.165, 1.54) is 5.56 Å². The molecule has 0 aromatic heterocycles. The minimum atomic E-state index is -0.0560. The van der Waals surface area contributed by atoms with Crippen molar-refractivity contribution in [1.82, 2.24) is 20.9 Å². The highest BCUT2D eigenvalue weighted by molar-refractivity contribution is 5.80. The lowest BCUT2D eigenvalue weighted by Crippen LogP contribution is -2.46. The van der Waals surface area contributed by atoms with Crippen LogP contribution in [-0.4, -0.2) is 68.5 Å². The Bertz CT molecular complexity index is 768. The fourth-order valence-corrected chi connectivity index (χ4v) is 3.83. The number of benzene rings is 1. The summed E-state index contributed by atoms with van der Waals surface area (Å²) in [5.74, 6) is 2.18. The Hall–Kier alpha value is -2.77. The van der Waals surface area contributed by atoms with Crippen molar-refractivity contribution in [3.63, 3.8) is 0 Å². The number of nitrogens with zero attached hydrogens (tertiary/aromatic N) is 2. The average molecular weight is 444 g/mol. The van der Waals surface area contributed by atoms with Gasteiger partial charge in [0, 0.05) is 45.7 Å². The molecule has 2 amide bonds. The van der Waals surface area contributed by atoms with Gasteiger partial charge in [-0.15, -0.1) is 0 Å². The molecular weight excluding hydrogens is 406 g/mol. The molecule has 1 aliphatic carbocycles. The molecule has 1 aliphatic heterocycles. The van der Waals surface area contributed by atoms with Gasteiger partial charge in [0.25, 0.3) is 5.91 Å². The monoisotopic (exact) mass is 443 g/mol. The number of carbonyl (C=O) groups is 2. The van der Waals surface area contributed by atoms with Crippen molar-refractivity contribution in [1.29, 1.82) is 0 Å². The first kappa shape index (κ1) is 23.9. The number of rotatable bonds is 10. The van der Waals surface area contributed by atoms with Gasteiger partial charge in [-0.2, -0.15) is 0 Å². The largest absolute Gasteiger partial charge is 0.484 e. The molecule has 2 aliphatic rings. The zero-order chi connectivity index (χ0) is 22.8. The summed E-state index contributed by atoms with van der Waals surface area (Å²) in [5.41, 5.74) is 1.18. The van der Waals surface area contributed by atoms with Crippen molar-refractivity contribution in [2.24, 2.45) is 10.9 Å². The highest BCUT2D eigenvalue weighted by atomic mass is 16.5. The molecule has 8 nitrogen and oxygen atoms in total. The minimum Gasteiger partial charge on any atom is -0.484 e. The molecule has 8 heteroatoms. The van der Waals surface area contributed by atoms with Crippen LogP contribution in [0, 0.1) is 5.92 Å². The number of hydrogen-bond donors (Lipinski definition) is 3. The maximum absolute atomic E-state index is 11.7. The van der Waals surface area contributed by atoms with Gasteiger partial charge in [0.15, 0.2) is 12.6 Å². The van der Waals surface area contributed by atoms with Crippen LogP contribution in [0.3, 0.4) is 0 Å². The lowest BCUT2D eigenvalue weighted by Gasteiger charge is -2.34. The molecule has 1 heterocycles. The van der Waals surface area contributed by atoms with Gasteiger partial charge in [0.1, 0.15) is 5.75 Å². The van der Waals surface area contributed by atoms with E-state index < -0.39 is 0 Å². The third kappa shape index (κ3) is 8.05. The molecule has 1 aromatic rings. The summed E-state index contributed by atoms with van der Waals surface area (Å²) in [4.78, 5) is 30.5. The molecule has 0 bridgehead atoms. The SMILES string of the molecule is CCNC(=NCCc1ccc(OCC(=O)NC2CC2)cc1)N1CCC(CC(=O)NC)CC1. The van der Waals surface area contributed by atoms with Crippen molar-refractivity contribution in [3.8, 4) is 5.75 Å². The molecule has 3 N–H and O–H groups in total. The van der Waals surface area contributed by atoms with Crippen LogP contribution in [0.5, 0.6) is 5.75 Å². The number of likely N-dealkylation sites (tertiary alicyclic amines) is 1. The summed E-state index contributed by atoms with van der Waals surface area (Å²) in [7, 11) is 1.70. The van der Waals surface area contributed by atoms with Crippen LogP contribution in [0.4, 0.5) is 0 Å². The fraction of sp³-hybridized carbons (Fsp3) is 0.625. The smallest absolute Gasteiger partial charge is 0.258 e. The molecule has 0 radical (unpaired) electrons. The third-order valence-corrected chi connectivity index (χ3v) is 5.90. The van der Waals surface area contributed by atoms with Crippen LogP contribution in [0.25, 0.3) is 0 Å². The maximum Gasteiger partial charge on any atom is 0.258 e. The maximum atomic E-state index is 11.7. The standard InChI is InChI=1S/C24H37N5O3/c1-3-26-24(29-14-11-19(12-15-29)16-22(30)25-2)27-13-10-18-4-8-21(9-5-18)32-17-23(31)28-20-6-7-20/h4-5,8-9,19-20H,3,6-7,10-17H2,1-2H3,(H,25,30)(H,26,27)(H,28,31). The second-order valence-corrected chi connectivity index (χ2v) is 8.57. The van der Waals surface area contributed by atoms with E-state index in [9.17, 15) is 9.59 Å². The Labute approximate surface area is 191 Å². The second-order valence-electron chi connectivity index (χ2n) is 8.57. The molecule has 0 spiro atoms. The van der Waals surface area contributed by atoms with Crippen molar-refractivity contribution < 1.29 is 14.3 Å². The predicted molar refractivity (Wildman–Crippen MR) is 126 cm³/mol. The highest BCUT2D eigenvalue weighted by Gasteiger charge is 2.24. The van der Waals surface area contributed by atoms with Gasteiger partial charge in [-0.1, -0.05) is 12.1 Å². The van der Waals surface area contributed by atoms with Crippen molar-refractivity contribution in [2.45, 2.75) is 51.5 Å². The van der Waals surface area contributed by atoms with E-state index in [4.69, 9.17) is 9.73 Å². The molecule has 1 aromatic carbocycles. The number of guanidine groups is 1. The summed E-state index contributed by atoms with van der Waals surface area (Å²) in [5, 5.41) is 9.04. The topological polar surface area (TPSA) is 95.1 Å². The van der Waals surface area contributed by atoms with Crippen LogP contribution in [0.15, 0.2) is 29.3 Å². The summed E-state index contributed by atoms with van der Waals surface area (Å²) in [6, 6.07) is 8.23. The summed E-state index contributed by atoms with van der Waals surface area (Å²) in [6.07, 6.45) is 5.63. The molecule has 1 saturated heterocycles. The van der Waals surface area contributed by atoms with Crippen molar-refractivity contribution >= 4 is 17.8 Å². The first-order valence-corrected chi connectivity index (χ1v) is 11.8. The zero-order valence-electron chi connectivity index (χ0n) is 19.4. The second kappa shape index (κ2) is 12.3. The van der Waals surface area contributed by atoms with Gasteiger partial charge >= 0.3 is 0 Å². The Kier molecular flexibility index (Phi) is 9.19. The number of hydrogen-bond acceptors (Lipinski definition) is 4. The Balaban J connectivity index is 1.42. The molecule has 0 unspecified atom stereocenters. The summed E-state index contributed by atoms with van der Waals surface area (Å²) >= 11 is 0. The number of piperidine rings is 1. The van der Waals surface area contributed by atoms with Crippen LogP contribution in [-0.2, 0) is 16.0 Å². The summed E-state index contributed by atoms with van der Waals surface area (Å²) < 4.78 is 5.56. The van der Waals surface area contributed by atoms with E-state index in [0.29, 0.717) is 30.7 Å². The van der Waals surface area contributed by atoms with E-state index in [1.54, 1.807) is 7.05 Å². The van der Waals surface area contributed by atoms with Crippen LogP contribution in [0.2, 0.25) is 0 Å². The van der Waals surface area contributed by atoms with E-state index >= 15 is 0 Å². The number of aliphatic imine (C=N–C) groups is 1. The van der Waals surface area contributed by atoms with Crippen LogP contribution >= 0.6 is 0 Å². The number of nitrogens with one attached hydrogen (secondary N) is 3. The Morgan fingerprint density at radius 3 is 2.44 bits per heavy atom. The normalized spacial score (nSPS) is 17.1. The fourth-order valence-electron chi connectivity index (χ4n) is 3.83. The highest BCUT2D eigenvalue weighted by Crippen LogP contribution is 2.21. The van der Waals surface area contributed by atoms with Gasteiger partial charge in [-0.3, -0.25) is 14.6 Å². The van der Waals surface area contributed by atoms with Gasteiger partial charge in [0.05, 0.1) is 0 Å². The van der Waals surface area contributed by atoms with Gasteiger partial charge < -0.3 is 25.6 Å². The molecule has 176 valence electrons. The molecule has 1 saturated carbocycles. The van der Waals surface area contributed by atoms with Crippen molar-refractivity contribution in [2.75, 3.05) is 39.8 Å². The van der Waals surface area contributed by atoms with Crippen molar-refractivity contribution in [3.05, 3.63) is 29.8 Å². The average Bonchev–Trinajstić information content (AvgIpc) is 3.62. The van der Waals surface area contributed by atoms with E-state index in [-0.39, 0.29) is 18.4 Å². The quantitative estimate of drug-likeness (QED) is 0.378. The lowest BCUT2D eigenvalue weighted by atomic mass is 9.93. The molecular formula is C24H37N5O3. The van der Waals surface area contributed by atoms with Gasteiger partial charge in [-0.05, 0) is 62.6 Å². The van der Waals surface area contributed by atoms with E-state index in [1.807, 2.05) is 24.3 Å². The number of amides is 2. The number of carbonyl (C=O) groups excluding carboxylic acids is 2. The Morgan fingerprint density at radius 1 is 1.09 bits per heavy atom. The van der Waals surface area contributed by atoms with Gasteiger partial charge in [-0.25, -0.2) is 0 Å². The van der Waals surface area contributed by atoms with Gasteiger partial charge in [0.2, 0.25) is 5.91 Å². The number of ether oxygens (including phenoxy) is 1. The van der Waals surface area contributed by atoms with E-state index in [2.05, 4.69) is 27.8 Å². The summed E-state index contributed by atoms with van der Waals surface area (Å²) in [6.45, 7) is 5.52. The zero-order valence-corrected chi connectivity index (χ0v) is 19.4. The van der Waals surface area contributed by atoms with E-state index in [0.717, 1.165) is 57.7 Å². The predicted octanol–water partition coefficient (Wildman–Crippen LogP) is 1.70.